The van der Waals surface area contributed by atoms with E-state index in [0.717, 1.165) is 35.5 Å². The summed E-state index contributed by atoms with van der Waals surface area (Å²) in [7, 11) is 0. The Hall–Kier alpha value is -7.77. The zero-order chi connectivity index (χ0) is 42.8. The van der Waals surface area contributed by atoms with Crippen LogP contribution in [0.3, 0.4) is 0 Å². The zero-order valence-corrected chi connectivity index (χ0v) is 35.5. The summed E-state index contributed by atoms with van der Waals surface area (Å²) in [5, 5.41) is 0. The number of rotatable bonds is 14. The molecule has 0 fully saturated rings. The highest BCUT2D eigenvalue weighted by Gasteiger charge is 2.49. The van der Waals surface area contributed by atoms with Gasteiger partial charge in [-0.3, -0.25) is 0 Å². The van der Waals surface area contributed by atoms with Gasteiger partial charge in [-0.05, 0) is 121 Å². The summed E-state index contributed by atoms with van der Waals surface area (Å²) in [4.78, 5) is 2.61. The number of nitrogens with zero attached hydrogens (tertiary/aromatic N) is 1. The van der Waals surface area contributed by atoms with Gasteiger partial charge in [0.2, 0.25) is 13.4 Å². The Labute approximate surface area is 378 Å². The van der Waals surface area contributed by atoms with E-state index in [-0.39, 0.29) is 13.4 Å². The maximum absolute atomic E-state index is 6.17. The van der Waals surface area contributed by atoms with Crippen molar-refractivity contribution in [3.63, 3.8) is 0 Å². The predicted molar refractivity (Wildman–Crippen MR) is 261 cm³/mol. The van der Waals surface area contributed by atoms with E-state index < -0.39 is 0 Å². The molecule has 0 spiro atoms. The summed E-state index contributed by atoms with van der Waals surface area (Å²) in [5.41, 5.74) is 21.9. The smallest absolute Gasteiger partial charge is 0.284 e. The second-order valence-electron chi connectivity index (χ2n) is 17.1. The first-order chi connectivity index (χ1) is 32.2. The largest absolute Gasteiger partial charge is 0.493 e. The molecule has 0 atom stereocenters. The minimum absolute atomic E-state index is 0.0788. The van der Waals surface area contributed by atoms with Gasteiger partial charge in [0.05, 0.1) is 39.0 Å². The van der Waals surface area contributed by atoms with Gasteiger partial charge in [0.15, 0.2) is 0 Å². The van der Waals surface area contributed by atoms with Crippen molar-refractivity contribution in [1.29, 1.82) is 0 Å². The van der Waals surface area contributed by atoms with Gasteiger partial charge < -0.3 is 32.7 Å². The maximum atomic E-state index is 6.17. The van der Waals surface area contributed by atoms with E-state index in [1.807, 2.05) is 24.3 Å². The molecular formula is C56H41B2NO6. The van der Waals surface area contributed by atoms with Crippen LogP contribution >= 0.6 is 0 Å². The van der Waals surface area contributed by atoms with Crippen LogP contribution in [-0.4, -0.2) is 39.9 Å². The van der Waals surface area contributed by atoms with Crippen LogP contribution < -0.4 is 56.6 Å². The minimum Gasteiger partial charge on any atom is -0.493 e. The molecule has 4 aliphatic rings. The fourth-order valence-corrected chi connectivity index (χ4v) is 10.7. The van der Waals surface area contributed by atoms with Crippen LogP contribution in [0.4, 0.5) is 17.1 Å². The predicted octanol–water partition coefficient (Wildman–Crippen LogP) is 8.99. The lowest BCUT2D eigenvalue weighted by Gasteiger charge is -2.43. The molecule has 0 unspecified atom stereocenters. The molecule has 9 heteroatoms. The average molecular weight is 846 g/mol. The molecule has 0 N–H and O–H groups in total. The van der Waals surface area contributed by atoms with Crippen LogP contribution in [0.25, 0.3) is 44.5 Å². The summed E-state index contributed by atoms with van der Waals surface area (Å²) in [6, 6.07) is 59.1. The summed E-state index contributed by atoms with van der Waals surface area (Å²) in [5.74, 6) is 2.74. The molecule has 4 aliphatic heterocycles. The monoisotopic (exact) mass is 845 g/mol. The van der Waals surface area contributed by atoms with Gasteiger partial charge in [0, 0.05) is 42.0 Å². The van der Waals surface area contributed by atoms with Gasteiger partial charge in [-0.1, -0.05) is 108 Å². The van der Waals surface area contributed by atoms with Crippen molar-refractivity contribution in [3.05, 3.63) is 176 Å². The number of fused-ring (bicyclic) bond motifs is 10. The first-order valence-electron chi connectivity index (χ1n) is 22.5. The lowest BCUT2D eigenvalue weighted by molar-refractivity contribution is 0.210. The molecular weight excluding hydrogens is 804 g/mol. The second-order valence-corrected chi connectivity index (χ2v) is 17.1. The fourth-order valence-electron chi connectivity index (χ4n) is 10.7. The summed E-state index contributed by atoms with van der Waals surface area (Å²) in [6.07, 6.45) is 4.73. The van der Waals surface area contributed by atoms with Crippen molar-refractivity contribution in [1.82, 2.24) is 0 Å². The standard InChI is InChI=1S/C56H41B2NO6/c1-3-13-46-42(10-1)44-12-5-15-50-54(44)57(46)48-33-39(37-20-24-41(25-21-37)61-29-9-31-65-53-17-7-27-63-53)34-49-56(48)59(50)51-35-38(32-45-43-11-2-4-14-47(43)58(49)55(45)51)36-18-22-40(23-19-36)60-28-8-30-64-52-16-6-26-62-52/h1-7,10-27,32-35H,8-9,28-31H2. The van der Waals surface area contributed by atoms with Crippen LogP contribution in [0.2, 0.25) is 0 Å². The lowest BCUT2D eigenvalue weighted by Crippen LogP contribution is -2.63. The number of benzene rings is 7. The number of anilines is 3. The topological polar surface area (TPSA) is 66.4 Å². The highest BCUT2D eigenvalue weighted by molar-refractivity contribution is 7.05. The van der Waals surface area contributed by atoms with Crippen molar-refractivity contribution >= 4 is 63.3 Å². The average Bonchev–Trinajstić information content (AvgIpc) is 4.19. The summed E-state index contributed by atoms with van der Waals surface area (Å²) >= 11 is 0. The molecule has 0 radical (unpaired) electrons. The molecule has 0 saturated heterocycles. The third-order valence-electron chi connectivity index (χ3n) is 13.4. The summed E-state index contributed by atoms with van der Waals surface area (Å²) in [6.45, 7) is 2.35. The maximum Gasteiger partial charge on any atom is 0.284 e. The van der Waals surface area contributed by atoms with E-state index in [9.17, 15) is 0 Å². The Bertz CT molecular complexity index is 3220. The Morgan fingerprint density at radius 1 is 0.385 bits per heavy atom. The van der Waals surface area contributed by atoms with Gasteiger partial charge in [-0.15, -0.1) is 0 Å². The van der Waals surface area contributed by atoms with Gasteiger partial charge in [-0.2, -0.15) is 0 Å². The van der Waals surface area contributed by atoms with E-state index in [0.29, 0.717) is 38.3 Å². The van der Waals surface area contributed by atoms with Gasteiger partial charge in [0.1, 0.15) is 11.5 Å². The molecule has 312 valence electrons. The highest BCUT2D eigenvalue weighted by Crippen LogP contribution is 2.46. The Morgan fingerprint density at radius 2 is 0.892 bits per heavy atom. The molecule has 0 saturated carbocycles. The van der Waals surface area contributed by atoms with Crippen LogP contribution in [0.15, 0.2) is 185 Å². The first-order valence-corrected chi connectivity index (χ1v) is 22.5. The van der Waals surface area contributed by atoms with Gasteiger partial charge in [0.25, 0.3) is 11.9 Å². The second kappa shape index (κ2) is 15.5. The Morgan fingerprint density at radius 3 is 1.46 bits per heavy atom. The minimum atomic E-state index is 0.0788. The normalized spacial score (nSPS) is 12.9. The summed E-state index contributed by atoms with van der Waals surface area (Å²) < 4.78 is 34.2. The van der Waals surface area contributed by atoms with Crippen molar-refractivity contribution in [2.75, 3.05) is 31.3 Å². The van der Waals surface area contributed by atoms with Crippen molar-refractivity contribution in [2.24, 2.45) is 0 Å². The molecule has 13 rings (SSSR count). The number of hydrogen-bond acceptors (Lipinski definition) is 7. The van der Waals surface area contributed by atoms with Crippen molar-refractivity contribution in [3.8, 4) is 67.9 Å². The third-order valence-corrected chi connectivity index (χ3v) is 13.4. The molecule has 6 heterocycles. The van der Waals surface area contributed by atoms with E-state index in [1.54, 1.807) is 12.5 Å². The molecule has 2 aromatic heterocycles. The molecule has 0 aliphatic carbocycles. The van der Waals surface area contributed by atoms with Crippen LogP contribution in [0, 0.1) is 0 Å². The molecule has 0 amide bonds. The van der Waals surface area contributed by atoms with Gasteiger partial charge in [-0.25, -0.2) is 0 Å². The van der Waals surface area contributed by atoms with Crippen LogP contribution in [-0.2, 0) is 0 Å². The van der Waals surface area contributed by atoms with Crippen LogP contribution in [0.1, 0.15) is 12.8 Å². The molecule has 0 bridgehead atoms. The van der Waals surface area contributed by atoms with Gasteiger partial charge >= 0.3 is 0 Å². The van der Waals surface area contributed by atoms with E-state index in [1.165, 1.54) is 83.2 Å². The third kappa shape index (κ3) is 6.28. The molecule has 7 nitrogen and oxygen atoms in total. The number of furan rings is 2. The molecule has 65 heavy (non-hydrogen) atoms. The molecule has 7 aromatic carbocycles. The SMILES string of the molecule is c1coc(OCCCOc2ccc(-c3cc4c5c(c3)B3c6ccccc6-c6cc(-c7ccc(OCCCOc8ccco8)cc7)cc(c63)N5c3cccc5c3B4c3ccccc3-5)cc2)c1. The van der Waals surface area contributed by atoms with E-state index in [2.05, 4.69) is 144 Å². The fraction of sp³-hybridized carbons (Fsp3) is 0.107. The van der Waals surface area contributed by atoms with Crippen molar-refractivity contribution < 1.29 is 27.8 Å². The highest BCUT2D eigenvalue weighted by atomic mass is 16.6. The lowest BCUT2D eigenvalue weighted by atomic mass is 9.32. The number of hydrogen-bond donors (Lipinski definition) is 0. The number of ether oxygens (including phenoxy) is 4. The zero-order valence-electron chi connectivity index (χ0n) is 35.5. The van der Waals surface area contributed by atoms with Crippen LogP contribution in [0.5, 0.6) is 23.4 Å². The van der Waals surface area contributed by atoms with E-state index >= 15 is 0 Å². The van der Waals surface area contributed by atoms with E-state index in [4.69, 9.17) is 27.8 Å². The Balaban J connectivity index is 0.889. The quantitative estimate of drug-likeness (QED) is 0.0800. The molecule has 9 aromatic rings. The first kappa shape index (κ1) is 37.8. The van der Waals surface area contributed by atoms with Crippen molar-refractivity contribution in [2.45, 2.75) is 12.8 Å². The Kier molecular flexibility index (Phi) is 9.00.